The van der Waals surface area contributed by atoms with Gasteiger partial charge in [0.05, 0.1) is 0 Å². The van der Waals surface area contributed by atoms with E-state index in [0.29, 0.717) is 0 Å². The molecule has 0 aromatic carbocycles. The highest BCUT2D eigenvalue weighted by Gasteiger charge is 2.16. The summed E-state index contributed by atoms with van der Waals surface area (Å²) in [7, 11) is 0. The Morgan fingerprint density at radius 1 is 0.300 bits per heavy atom. The molecule has 0 aromatic rings. The van der Waals surface area contributed by atoms with E-state index >= 15 is 0 Å². The summed E-state index contributed by atoms with van der Waals surface area (Å²) in [5.41, 5.74) is 0. The normalized spacial score (nSPS) is 12.7. The Hall–Kier alpha value is 0. The Kier molecular flexibility index (Phi) is 25.3. The summed E-state index contributed by atoms with van der Waals surface area (Å²) in [5, 5.41) is 0. The summed E-state index contributed by atoms with van der Waals surface area (Å²) in [6.07, 6.45) is 35.2. The third-order valence-electron chi connectivity index (χ3n) is 7.26. The predicted octanol–water partition coefficient (Wildman–Crippen LogP) is 11.7. The van der Waals surface area contributed by atoms with Crippen molar-refractivity contribution in [2.24, 2.45) is 11.8 Å². The first-order chi connectivity index (χ1) is 14.8. The number of unbranched alkanes of at least 4 members (excludes halogenated alkanes) is 15. The van der Waals surface area contributed by atoms with Gasteiger partial charge in [-0.05, 0) is 18.3 Å². The summed E-state index contributed by atoms with van der Waals surface area (Å²) in [6, 6.07) is 0. The molecule has 0 saturated carbocycles. The maximum Gasteiger partial charge on any atom is -0.0412 e. The van der Waals surface area contributed by atoms with Gasteiger partial charge < -0.3 is 0 Å². The summed E-state index contributed by atoms with van der Waals surface area (Å²) >= 11 is 0. The van der Waals surface area contributed by atoms with E-state index in [0.717, 1.165) is 11.8 Å². The zero-order valence-electron chi connectivity index (χ0n) is 22.1. The van der Waals surface area contributed by atoms with E-state index < -0.39 is 0 Å². The minimum Gasteiger partial charge on any atom is -0.0654 e. The van der Waals surface area contributed by atoms with Crippen LogP contribution in [0.4, 0.5) is 0 Å². The van der Waals surface area contributed by atoms with Gasteiger partial charge in [0.25, 0.3) is 0 Å². The topological polar surface area (TPSA) is 0 Å². The van der Waals surface area contributed by atoms with Gasteiger partial charge in [-0.2, -0.15) is 0 Å². The molecule has 0 heterocycles. The second-order valence-electron chi connectivity index (χ2n) is 10.4. The van der Waals surface area contributed by atoms with E-state index in [1.165, 1.54) is 148 Å². The van der Waals surface area contributed by atoms with Gasteiger partial charge in [-0.3, -0.25) is 0 Å². The smallest absolute Gasteiger partial charge is 0.0412 e. The van der Waals surface area contributed by atoms with Gasteiger partial charge in [0.1, 0.15) is 0 Å². The molecule has 30 heavy (non-hydrogen) atoms. The fourth-order valence-electron chi connectivity index (χ4n) is 5.28. The van der Waals surface area contributed by atoms with Crippen LogP contribution in [0.15, 0.2) is 0 Å². The van der Waals surface area contributed by atoms with Crippen molar-refractivity contribution in [2.45, 2.75) is 182 Å². The van der Waals surface area contributed by atoms with Crippen molar-refractivity contribution in [3.05, 3.63) is 0 Å². The molecule has 0 spiro atoms. The predicted molar refractivity (Wildman–Crippen MR) is 140 cm³/mol. The van der Waals surface area contributed by atoms with Crippen molar-refractivity contribution in [3.63, 3.8) is 0 Å². The summed E-state index contributed by atoms with van der Waals surface area (Å²) in [4.78, 5) is 0. The first-order valence-electron chi connectivity index (χ1n) is 14.8. The molecule has 0 heteroatoms. The van der Waals surface area contributed by atoms with E-state index in [1.54, 1.807) is 6.42 Å². The highest BCUT2D eigenvalue weighted by atomic mass is 14.2. The number of hydrogen-bond acceptors (Lipinski definition) is 0. The van der Waals surface area contributed by atoms with Crippen LogP contribution in [0.1, 0.15) is 182 Å². The first-order valence-corrected chi connectivity index (χ1v) is 14.8. The summed E-state index contributed by atoms with van der Waals surface area (Å²) in [5.74, 6) is 2.05. The van der Waals surface area contributed by atoms with E-state index in [1.807, 2.05) is 0 Å². The molecule has 0 bridgehead atoms. The molecule has 1 atom stereocenters. The molecule has 0 rings (SSSR count). The lowest BCUT2D eigenvalue weighted by molar-refractivity contribution is 0.286. The molecule has 1 unspecified atom stereocenters. The Morgan fingerprint density at radius 3 is 0.933 bits per heavy atom. The average Bonchev–Trinajstić information content (AvgIpc) is 2.75. The summed E-state index contributed by atoms with van der Waals surface area (Å²) < 4.78 is 0. The maximum atomic E-state index is 2.41. The van der Waals surface area contributed by atoms with Crippen LogP contribution in [0.2, 0.25) is 0 Å². The van der Waals surface area contributed by atoms with Crippen molar-refractivity contribution in [1.82, 2.24) is 0 Å². The van der Waals surface area contributed by atoms with Gasteiger partial charge in [0.2, 0.25) is 0 Å². The molecular formula is C30H62. The minimum atomic E-state index is 1.02. The minimum absolute atomic E-state index is 1.02. The number of rotatable bonds is 25. The van der Waals surface area contributed by atoms with Gasteiger partial charge in [-0.1, -0.05) is 175 Å². The van der Waals surface area contributed by atoms with Crippen LogP contribution >= 0.6 is 0 Å². The Labute approximate surface area is 193 Å². The SMILES string of the molecule is CCCCCCCCC(CCC)CC(CCCCCCCC)CCCCCCCC. The van der Waals surface area contributed by atoms with Crippen LogP contribution < -0.4 is 0 Å². The van der Waals surface area contributed by atoms with E-state index in [-0.39, 0.29) is 0 Å². The second-order valence-corrected chi connectivity index (χ2v) is 10.4. The quantitative estimate of drug-likeness (QED) is 0.128. The van der Waals surface area contributed by atoms with Crippen molar-refractivity contribution >= 4 is 0 Å². The van der Waals surface area contributed by atoms with Gasteiger partial charge in [0, 0.05) is 0 Å². The third kappa shape index (κ3) is 21.2. The Bertz CT molecular complexity index is 278. The van der Waals surface area contributed by atoms with Crippen molar-refractivity contribution in [3.8, 4) is 0 Å². The monoisotopic (exact) mass is 422 g/mol. The summed E-state index contributed by atoms with van der Waals surface area (Å²) in [6.45, 7) is 9.39. The fourth-order valence-corrected chi connectivity index (χ4v) is 5.28. The third-order valence-corrected chi connectivity index (χ3v) is 7.26. The van der Waals surface area contributed by atoms with Crippen molar-refractivity contribution in [2.75, 3.05) is 0 Å². The molecular weight excluding hydrogens is 360 g/mol. The second kappa shape index (κ2) is 25.3. The number of hydrogen-bond donors (Lipinski definition) is 0. The van der Waals surface area contributed by atoms with E-state index in [2.05, 4.69) is 27.7 Å². The van der Waals surface area contributed by atoms with E-state index in [4.69, 9.17) is 0 Å². The van der Waals surface area contributed by atoms with Crippen molar-refractivity contribution < 1.29 is 0 Å². The molecule has 0 radical (unpaired) electrons. The zero-order chi connectivity index (χ0) is 22.1. The molecule has 0 aliphatic carbocycles. The van der Waals surface area contributed by atoms with Gasteiger partial charge in [-0.25, -0.2) is 0 Å². The Morgan fingerprint density at radius 2 is 0.600 bits per heavy atom. The van der Waals surface area contributed by atoms with Crippen LogP contribution in [0.5, 0.6) is 0 Å². The standard InChI is InChI=1S/C30H62/c1-5-9-12-15-18-21-25-29(24-8-4)28-30(26-22-19-16-13-10-6-2)27-23-20-17-14-11-7-3/h29-30H,5-28H2,1-4H3. The van der Waals surface area contributed by atoms with Gasteiger partial charge in [0.15, 0.2) is 0 Å². The molecule has 0 aromatic heterocycles. The Balaban J connectivity index is 4.28. The highest BCUT2D eigenvalue weighted by molar-refractivity contribution is 4.68. The highest BCUT2D eigenvalue weighted by Crippen LogP contribution is 2.30. The van der Waals surface area contributed by atoms with Crippen LogP contribution in [-0.4, -0.2) is 0 Å². The molecule has 182 valence electrons. The van der Waals surface area contributed by atoms with Gasteiger partial charge >= 0.3 is 0 Å². The van der Waals surface area contributed by atoms with Gasteiger partial charge in [-0.15, -0.1) is 0 Å². The molecule has 0 N–H and O–H groups in total. The van der Waals surface area contributed by atoms with Crippen molar-refractivity contribution in [1.29, 1.82) is 0 Å². The molecule has 0 aliphatic heterocycles. The molecule has 0 saturated heterocycles. The maximum absolute atomic E-state index is 2.41. The lowest BCUT2D eigenvalue weighted by Gasteiger charge is -2.24. The van der Waals surface area contributed by atoms with E-state index in [9.17, 15) is 0 Å². The first kappa shape index (κ1) is 30.0. The fraction of sp³-hybridized carbons (Fsp3) is 1.00. The average molecular weight is 423 g/mol. The molecule has 0 aliphatic rings. The molecule has 0 fully saturated rings. The zero-order valence-corrected chi connectivity index (χ0v) is 22.1. The lowest BCUT2D eigenvalue weighted by atomic mass is 9.82. The van der Waals surface area contributed by atoms with Crippen LogP contribution in [0.3, 0.4) is 0 Å². The van der Waals surface area contributed by atoms with Crippen LogP contribution in [-0.2, 0) is 0 Å². The molecule has 0 amide bonds. The lowest BCUT2D eigenvalue weighted by Crippen LogP contribution is -2.10. The van der Waals surface area contributed by atoms with Crippen LogP contribution in [0.25, 0.3) is 0 Å². The van der Waals surface area contributed by atoms with Crippen LogP contribution in [0, 0.1) is 11.8 Å². The molecule has 0 nitrogen and oxygen atoms in total. The largest absolute Gasteiger partial charge is 0.0654 e.